The Morgan fingerprint density at radius 2 is 1.82 bits per heavy atom. The number of amides is 1. The van der Waals surface area contributed by atoms with Gasteiger partial charge in [0.15, 0.2) is 17.3 Å². The number of alkyl halides is 3. The Kier molecular flexibility index (Phi) is 5.60. The number of rotatable bonds is 4. The fourth-order valence-corrected chi connectivity index (χ4v) is 3.70. The quantitative estimate of drug-likeness (QED) is 0.420. The van der Waals surface area contributed by atoms with Crippen LogP contribution in [-0.2, 0) is 6.18 Å². The van der Waals surface area contributed by atoms with Gasteiger partial charge in [-0.3, -0.25) is 4.79 Å². The van der Waals surface area contributed by atoms with E-state index in [0.717, 1.165) is 11.0 Å². The van der Waals surface area contributed by atoms with Gasteiger partial charge in [-0.1, -0.05) is 11.6 Å². The molecule has 33 heavy (non-hydrogen) atoms. The van der Waals surface area contributed by atoms with Crippen LogP contribution in [0.2, 0.25) is 5.02 Å². The van der Waals surface area contributed by atoms with Gasteiger partial charge >= 0.3 is 6.18 Å². The van der Waals surface area contributed by atoms with Gasteiger partial charge in [0.1, 0.15) is 11.8 Å². The Morgan fingerprint density at radius 1 is 1.15 bits per heavy atom. The molecule has 0 spiro atoms. The summed E-state index contributed by atoms with van der Waals surface area (Å²) in [5.74, 6) is -1.75. The highest BCUT2D eigenvalue weighted by Gasteiger charge is 2.43. The third kappa shape index (κ3) is 4.03. The van der Waals surface area contributed by atoms with Gasteiger partial charge in [0, 0.05) is 22.4 Å². The Bertz CT molecular complexity index is 1430. The van der Waals surface area contributed by atoms with Crippen LogP contribution in [0.4, 0.5) is 13.2 Å². The molecule has 15 heteroatoms. The van der Waals surface area contributed by atoms with E-state index in [9.17, 15) is 23.2 Å². The molecule has 0 bridgehead atoms. The zero-order valence-corrected chi connectivity index (χ0v) is 18.3. The van der Waals surface area contributed by atoms with Crippen molar-refractivity contribution in [2.24, 2.45) is 5.73 Å². The molecule has 4 aromatic heterocycles. The van der Waals surface area contributed by atoms with Crippen LogP contribution in [0, 0.1) is 11.3 Å². The van der Waals surface area contributed by atoms with Crippen LogP contribution in [0.5, 0.6) is 0 Å². The maximum atomic E-state index is 14.1. The first kappa shape index (κ1) is 22.4. The highest BCUT2D eigenvalue weighted by molar-refractivity contribution is 9.10. The molecule has 166 valence electrons. The summed E-state index contributed by atoms with van der Waals surface area (Å²) >= 11 is 9.21. The fraction of sp³-hybridized carbons (Fsp3) is 0.0556. The van der Waals surface area contributed by atoms with E-state index in [4.69, 9.17) is 17.3 Å². The molecule has 0 radical (unpaired) electrons. The molecule has 10 nitrogen and oxygen atoms in total. The normalized spacial score (nSPS) is 11.4. The van der Waals surface area contributed by atoms with Crippen LogP contribution in [0.3, 0.4) is 0 Å². The zero-order valence-electron chi connectivity index (χ0n) is 15.9. The average molecular weight is 539 g/mol. The molecule has 2 N–H and O–H groups in total. The van der Waals surface area contributed by atoms with Crippen LogP contribution in [0.1, 0.15) is 21.6 Å². The number of hydrogen-bond acceptors (Lipinski definition) is 7. The third-order valence-corrected chi connectivity index (χ3v) is 4.97. The lowest BCUT2D eigenvalue weighted by Gasteiger charge is -2.12. The Morgan fingerprint density at radius 3 is 2.39 bits per heavy atom. The maximum absolute atomic E-state index is 14.1. The van der Waals surface area contributed by atoms with Gasteiger partial charge < -0.3 is 5.73 Å². The van der Waals surface area contributed by atoms with Crippen molar-refractivity contribution in [3.63, 3.8) is 0 Å². The first-order valence-electron chi connectivity index (χ1n) is 8.70. The standard InChI is InChI=1S/C18H8BrClF3N9O/c19-10-4-11(20)17(27-7-10)31-14(18(21,22)23)12(15(25)33)13(30-31)9-3-8(5-24)16(26-6-9)32-28-1-2-29-32/h1-4,6-7H,(H2,25,33). The third-order valence-electron chi connectivity index (χ3n) is 4.26. The Balaban J connectivity index is 2.01. The highest BCUT2D eigenvalue weighted by Crippen LogP contribution is 2.39. The van der Waals surface area contributed by atoms with E-state index in [1.54, 1.807) is 0 Å². The van der Waals surface area contributed by atoms with E-state index in [-0.39, 0.29) is 27.8 Å². The minimum Gasteiger partial charge on any atom is -0.365 e. The second-order valence-corrected chi connectivity index (χ2v) is 7.65. The number of carbonyl (C=O) groups is 1. The summed E-state index contributed by atoms with van der Waals surface area (Å²) in [6, 6.07) is 4.38. The molecule has 0 aliphatic carbocycles. The van der Waals surface area contributed by atoms with E-state index in [2.05, 4.69) is 41.2 Å². The Hall–Kier alpha value is -3.83. The van der Waals surface area contributed by atoms with Crippen molar-refractivity contribution in [3.05, 3.63) is 63.2 Å². The summed E-state index contributed by atoms with van der Waals surface area (Å²) in [4.78, 5) is 21.2. The van der Waals surface area contributed by atoms with Crippen molar-refractivity contribution in [1.82, 2.24) is 34.7 Å². The van der Waals surface area contributed by atoms with E-state index in [0.29, 0.717) is 9.15 Å². The van der Waals surface area contributed by atoms with Crippen molar-refractivity contribution in [2.45, 2.75) is 6.18 Å². The molecule has 4 rings (SSSR count). The monoisotopic (exact) mass is 537 g/mol. The second-order valence-electron chi connectivity index (χ2n) is 6.33. The van der Waals surface area contributed by atoms with Gasteiger partial charge in [0.05, 0.1) is 28.5 Å². The predicted molar refractivity (Wildman–Crippen MR) is 110 cm³/mol. The number of primary amides is 1. The first-order valence-corrected chi connectivity index (χ1v) is 9.87. The van der Waals surface area contributed by atoms with E-state index < -0.39 is 29.0 Å². The van der Waals surface area contributed by atoms with E-state index in [1.807, 2.05) is 6.07 Å². The first-order chi connectivity index (χ1) is 15.6. The number of aromatic nitrogens is 7. The summed E-state index contributed by atoms with van der Waals surface area (Å²) in [6.45, 7) is 0. The van der Waals surface area contributed by atoms with E-state index in [1.165, 1.54) is 30.7 Å². The van der Waals surface area contributed by atoms with Crippen molar-refractivity contribution < 1.29 is 18.0 Å². The lowest BCUT2D eigenvalue weighted by Crippen LogP contribution is -2.21. The smallest absolute Gasteiger partial charge is 0.365 e. The molecule has 0 atom stereocenters. The molecular weight excluding hydrogens is 531 g/mol. The summed E-state index contributed by atoms with van der Waals surface area (Å²) < 4.78 is 43.0. The largest absolute Gasteiger partial charge is 0.434 e. The van der Waals surface area contributed by atoms with Crippen molar-refractivity contribution in [3.8, 4) is 29.0 Å². The molecule has 4 aromatic rings. The SMILES string of the molecule is N#Cc1cc(-c2nn(-c3ncc(Br)cc3Cl)c(C(F)(F)F)c2C(N)=O)cnc1-n1nccn1. The molecule has 4 heterocycles. The van der Waals surface area contributed by atoms with Crippen LogP contribution in [-0.4, -0.2) is 40.6 Å². The van der Waals surface area contributed by atoms with Crippen LogP contribution in [0.25, 0.3) is 22.9 Å². The predicted octanol–water partition coefficient (Wildman–Crippen LogP) is 3.32. The molecule has 0 fully saturated rings. The number of nitrogens with two attached hydrogens (primary N) is 1. The second kappa shape index (κ2) is 8.26. The van der Waals surface area contributed by atoms with Crippen molar-refractivity contribution >= 4 is 33.4 Å². The number of nitriles is 1. The van der Waals surface area contributed by atoms with Crippen molar-refractivity contribution in [1.29, 1.82) is 5.26 Å². The molecule has 0 saturated heterocycles. The lowest BCUT2D eigenvalue weighted by atomic mass is 10.0. The Labute approximate surface area is 195 Å². The number of carbonyl (C=O) groups excluding carboxylic acids is 1. The van der Waals surface area contributed by atoms with Crippen LogP contribution in [0.15, 0.2) is 41.4 Å². The summed E-state index contributed by atoms with van der Waals surface area (Å²) in [6.07, 6.45) is -0.0102. The number of pyridine rings is 2. The zero-order chi connectivity index (χ0) is 23.9. The molecule has 0 aliphatic rings. The van der Waals surface area contributed by atoms with Gasteiger partial charge in [0.25, 0.3) is 5.91 Å². The summed E-state index contributed by atoms with van der Waals surface area (Å²) in [5.41, 5.74) is 2.30. The molecule has 1 amide bonds. The van der Waals surface area contributed by atoms with Gasteiger partial charge in [-0.2, -0.15) is 33.7 Å². The van der Waals surface area contributed by atoms with Gasteiger partial charge in [0.2, 0.25) is 0 Å². The van der Waals surface area contributed by atoms with Gasteiger partial charge in [-0.05, 0) is 28.1 Å². The topological polar surface area (TPSA) is 141 Å². The van der Waals surface area contributed by atoms with Crippen LogP contribution >= 0.6 is 27.5 Å². The summed E-state index contributed by atoms with van der Waals surface area (Å²) in [7, 11) is 0. The molecule has 0 aromatic carbocycles. The minimum absolute atomic E-state index is 0.0278. The number of nitrogens with zero attached hydrogens (tertiary/aromatic N) is 8. The van der Waals surface area contributed by atoms with Crippen molar-refractivity contribution in [2.75, 3.05) is 0 Å². The van der Waals surface area contributed by atoms with Gasteiger partial charge in [-0.25, -0.2) is 14.6 Å². The number of halogens is 5. The minimum atomic E-state index is -5.06. The fourth-order valence-electron chi connectivity index (χ4n) is 2.99. The highest BCUT2D eigenvalue weighted by atomic mass is 79.9. The molecule has 0 unspecified atom stereocenters. The van der Waals surface area contributed by atoms with Gasteiger partial charge in [-0.15, -0.1) is 4.80 Å². The number of hydrogen-bond donors (Lipinski definition) is 1. The molecular formula is C18H8BrClF3N9O. The lowest BCUT2D eigenvalue weighted by molar-refractivity contribution is -0.143. The maximum Gasteiger partial charge on any atom is 0.434 e. The molecule has 0 saturated carbocycles. The van der Waals surface area contributed by atoms with Crippen LogP contribution < -0.4 is 5.73 Å². The summed E-state index contributed by atoms with van der Waals surface area (Å²) in [5, 5.41) is 21.0. The molecule has 0 aliphatic heterocycles. The average Bonchev–Trinajstić information content (AvgIpc) is 3.41. The van der Waals surface area contributed by atoms with E-state index >= 15 is 0 Å².